The van der Waals surface area contributed by atoms with Crippen molar-refractivity contribution >= 4 is 19.8 Å². The minimum absolute atomic E-state index is 0.0606. The van der Waals surface area contributed by atoms with Crippen LogP contribution in [0.25, 0.3) is 0 Å². The van der Waals surface area contributed by atoms with Crippen molar-refractivity contribution in [1.82, 2.24) is 0 Å². The van der Waals surface area contributed by atoms with Crippen LogP contribution in [0.5, 0.6) is 0 Å². The largest absolute Gasteiger partial charge is 0.472 e. The smallest absolute Gasteiger partial charge is 0.462 e. The SMILES string of the molecule is CC/C=C\C/C=C\CC(O)/C=C/C=C\C/C=C\C/C=C\CCC(=O)O[C@H](COC(=O)CCCCCCC/C=C\C/C=C\CCC)COP(=O)(O)OC1[C@H](O)[C@H](O)C(O)[C@H](O)[C@H]1O. The Morgan fingerprint density at radius 2 is 1.15 bits per heavy atom. The highest BCUT2D eigenvalue weighted by Gasteiger charge is 2.51. The topological polar surface area (TPSA) is 230 Å². The Kier molecular flexibility index (Phi) is 33.1. The maximum Gasteiger partial charge on any atom is 0.472 e. The molecule has 0 aliphatic heterocycles. The van der Waals surface area contributed by atoms with E-state index in [0.29, 0.717) is 32.1 Å². The van der Waals surface area contributed by atoms with Gasteiger partial charge >= 0.3 is 19.8 Å². The lowest BCUT2D eigenvalue weighted by Gasteiger charge is -2.41. The molecule has 4 unspecified atom stereocenters. The number of unbranched alkanes of at least 4 members (excludes halogenated alkanes) is 6. The number of phosphoric acid groups is 1. The van der Waals surface area contributed by atoms with E-state index in [1.165, 1.54) is 0 Å². The van der Waals surface area contributed by atoms with Crippen LogP contribution in [-0.2, 0) is 32.7 Å². The Balaban J connectivity index is 2.58. The highest BCUT2D eigenvalue weighted by molar-refractivity contribution is 7.47. The number of aliphatic hydroxyl groups excluding tert-OH is 6. The van der Waals surface area contributed by atoms with Gasteiger partial charge in [0.05, 0.1) is 12.7 Å². The van der Waals surface area contributed by atoms with Gasteiger partial charge in [-0.05, 0) is 70.6 Å². The summed E-state index contributed by atoms with van der Waals surface area (Å²) in [5.41, 5.74) is 0. The fourth-order valence-electron chi connectivity index (χ4n) is 5.90. The average Bonchev–Trinajstić information content (AvgIpc) is 3.25. The highest BCUT2D eigenvalue weighted by Crippen LogP contribution is 2.47. The number of hydrogen-bond acceptors (Lipinski definition) is 13. The van der Waals surface area contributed by atoms with Crippen LogP contribution in [0.4, 0.5) is 0 Å². The number of esters is 2. The Bertz CT molecular complexity index is 1470. The molecule has 0 spiro atoms. The second kappa shape index (κ2) is 36.1. The van der Waals surface area contributed by atoms with Crippen molar-refractivity contribution < 1.29 is 68.2 Å². The number of phosphoric ester groups is 1. The fourth-order valence-corrected chi connectivity index (χ4v) is 6.88. The molecular weight excluding hydrogens is 819 g/mol. The van der Waals surface area contributed by atoms with Crippen molar-refractivity contribution in [3.8, 4) is 0 Å². The molecule has 9 atom stereocenters. The van der Waals surface area contributed by atoms with Crippen molar-refractivity contribution in [2.45, 2.75) is 172 Å². The van der Waals surface area contributed by atoms with Gasteiger partial charge in [0.15, 0.2) is 6.10 Å². The highest BCUT2D eigenvalue weighted by atomic mass is 31.2. The van der Waals surface area contributed by atoms with Crippen LogP contribution in [0.3, 0.4) is 0 Å². The number of rotatable bonds is 34. The zero-order valence-electron chi connectivity index (χ0n) is 36.7. The summed E-state index contributed by atoms with van der Waals surface area (Å²) in [5, 5.41) is 60.1. The standard InChI is InChI=1S/C47H75O14P/c1-3-5-7-9-11-12-13-14-15-19-22-26-30-34-40(49)58-36-39(37-59-62(56,57)61-47-45(54)43(52)42(51)44(53)46(47)55)60-41(50)35-31-27-23-20-17-16-18-21-25-29-33-38(48)32-28-24-10-8-6-4-2/h6-9,12-13,16-17,21,23-25,27-29,33,38-39,42-48,51-55H,3-5,10-11,14-15,18-20,22,26,30-32,34-37H2,1-2H3,(H,56,57)/b8-6-,9-7-,13-12-,17-16-,25-21-,27-23-,28-24-,33-29+/t38?,39-,42?,43-,44+,45-,46-,47?/m1/s1. The lowest BCUT2D eigenvalue weighted by atomic mass is 9.85. The second-order valence-electron chi connectivity index (χ2n) is 15.0. The second-order valence-corrected chi connectivity index (χ2v) is 16.4. The number of allylic oxidation sites excluding steroid dienone is 14. The van der Waals surface area contributed by atoms with Crippen molar-refractivity contribution in [1.29, 1.82) is 0 Å². The van der Waals surface area contributed by atoms with Gasteiger partial charge in [-0.25, -0.2) is 4.57 Å². The first-order valence-corrected chi connectivity index (χ1v) is 23.6. The molecule has 0 amide bonds. The molecular formula is C47H75O14P. The summed E-state index contributed by atoms with van der Waals surface area (Å²) in [6, 6.07) is 0. The van der Waals surface area contributed by atoms with E-state index >= 15 is 0 Å². The van der Waals surface area contributed by atoms with E-state index in [9.17, 15) is 49.7 Å². The summed E-state index contributed by atoms with van der Waals surface area (Å²) in [7, 11) is -5.16. The fraction of sp³-hybridized carbons (Fsp3) is 0.617. The normalized spacial score (nSPS) is 23.3. The maximum absolute atomic E-state index is 12.8. The molecule has 0 radical (unpaired) electrons. The number of ether oxygens (including phenoxy) is 2. The number of aliphatic hydroxyl groups is 6. The average molecular weight is 895 g/mol. The molecule has 1 aliphatic carbocycles. The van der Waals surface area contributed by atoms with Crippen LogP contribution in [0.1, 0.15) is 123 Å². The summed E-state index contributed by atoms with van der Waals surface area (Å²) in [5.74, 6) is -1.26. The first kappa shape index (κ1) is 56.7. The Labute approximate surface area is 369 Å². The molecule has 0 aromatic carbocycles. The quantitative estimate of drug-likeness (QED) is 0.0111. The minimum atomic E-state index is -5.16. The molecule has 0 bridgehead atoms. The number of carbonyl (C=O) groups is 2. The predicted molar refractivity (Wildman–Crippen MR) is 240 cm³/mol. The van der Waals surface area contributed by atoms with Crippen molar-refractivity contribution in [2.75, 3.05) is 13.2 Å². The van der Waals surface area contributed by atoms with Crippen LogP contribution in [0.15, 0.2) is 97.2 Å². The van der Waals surface area contributed by atoms with Gasteiger partial charge in [0.2, 0.25) is 0 Å². The number of carbonyl (C=O) groups excluding carboxylic acids is 2. The van der Waals surface area contributed by atoms with E-state index in [-0.39, 0.29) is 12.8 Å². The van der Waals surface area contributed by atoms with E-state index < -0.39 is 81.8 Å². The maximum atomic E-state index is 12.8. The zero-order chi connectivity index (χ0) is 45.9. The van der Waals surface area contributed by atoms with E-state index in [2.05, 4.69) is 50.3 Å². The lowest BCUT2D eigenvalue weighted by Crippen LogP contribution is -2.64. The van der Waals surface area contributed by atoms with Gasteiger partial charge in [-0.3, -0.25) is 18.6 Å². The molecule has 15 heteroatoms. The van der Waals surface area contributed by atoms with Crippen molar-refractivity contribution in [3.05, 3.63) is 97.2 Å². The van der Waals surface area contributed by atoms with Crippen LogP contribution >= 0.6 is 7.82 Å². The Morgan fingerprint density at radius 3 is 1.81 bits per heavy atom. The van der Waals surface area contributed by atoms with Gasteiger partial charge in [0.25, 0.3) is 0 Å². The van der Waals surface area contributed by atoms with Gasteiger partial charge in [-0.1, -0.05) is 137 Å². The van der Waals surface area contributed by atoms with Crippen molar-refractivity contribution in [3.63, 3.8) is 0 Å². The van der Waals surface area contributed by atoms with Gasteiger partial charge < -0.3 is 45.0 Å². The summed E-state index contributed by atoms with van der Waals surface area (Å²) in [4.78, 5) is 35.6. The molecule has 1 rings (SSSR count). The first-order chi connectivity index (χ1) is 29.8. The molecule has 1 saturated carbocycles. The summed E-state index contributed by atoms with van der Waals surface area (Å²) < 4.78 is 33.3. The number of hydrogen-bond donors (Lipinski definition) is 7. The molecule has 62 heavy (non-hydrogen) atoms. The van der Waals surface area contributed by atoms with E-state index in [1.807, 2.05) is 48.6 Å². The summed E-state index contributed by atoms with van der Waals surface area (Å²) in [6.07, 6.45) is 30.7. The van der Waals surface area contributed by atoms with Gasteiger partial charge in [-0.15, -0.1) is 0 Å². The zero-order valence-corrected chi connectivity index (χ0v) is 37.6. The van der Waals surface area contributed by atoms with Gasteiger partial charge in [-0.2, -0.15) is 0 Å². The lowest BCUT2D eigenvalue weighted by molar-refractivity contribution is -0.220. The van der Waals surface area contributed by atoms with E-state index in [0.717, 1.165) is 64.2 Å². The molecule has 0 saturated heterocycles. The monoisotopic (exact) mass is 894 g/mol. The van der Waals surface area contributed by atoms with Crippen LogP contribution in [0, 0.1) is 0 Å². The van der Waals surface area contributed by atoms with E-state index in [4.69, 9.17) is 18.5 Å². The molecule has 1 aliphatic rings. The first-order valence-electron chi connectivity index (χ1n) is 22.1. The predicted octanol–water partition coefficient (Wildman–Crippen LogP) is 7.24. The third-order valence-corrected chi connectivity index (χ3v) is 10.5. The molecule has 7 N–H and O–H groups in total. The summed E-state index contributed by atoms with van der Waals surface area (Å²) in [6.45, 7) is 2.95. The third-order valence-electron chi connectivity index (χ3n) is 9.48. The molecule has 0 aromatic rings. The van der Waals surface area contributed by atoms with E-state index in [1.54, 1.807) is 12.2 Å². The van der Waals surface area contributed by atoms with Gasteiger partial charge in [0, 0.05) is 12.8 Å². The Morgan fingerprint density at radius 1 is 0.597 bits per heavy atom. The minimum Gasteiger partial charge on any atom is -0.462 e. The molecule has 0 heterocycles. The molecule has 1 fully saturated rings. The van der Waals surface area contributed by atoms with Crippen LogP contribution in [-0.4, -0.2) is 110 Å². The van der Waals surface area contributed by atoms with Crippen LogP contribution in [0.2, 0.25) is 0 Å². The molecule has 352 valence electrons. The molecule has 0 aromatic heterocycles. The molecule has 14 nitrogen and oxygen atoms in total. The van der Waals surface area contributed by atoms with Crippen LogP contribution < -0.4 is 0 Å². The third kappa shape index (κ3) is 28.4. The van der Waals surface area contributed by atoms with Crippen molar-refractivity contribution in [2.24, 2.45) is 0 Å². The summed E-state index contributed by atoms with van der Waals surface area (Å²) >= 11 is 0. The Hall–Kier alpha value is -3.27. The van der Waals surface area contributed by atoms with Gasteiger partial charge in [0.1, 0.15) is 43.2 Å².